The average Bonchev–Trinajstić information content (AvgIpc) is 2.78. The molecule has 0 atom stereocenters. The molecule has 1 N–H and O–H groups in total. The van der Waals surface area contributed by atoms with Crippen molar-refractivity contribution < 1.29 is 9.18 Å². The van der Waals surface area contributed by atoms with Crippen LogP contribution in [0.25, 0.3) is 0 Å². The van der Waals surface area contributed by atoms with Crippen LogP contribution in [0.5, 0.6) is 0 Å². The molecule has 0 aliphatic heterocycles. The van der Waals surface area contributed by atoms with Crippen molar-refractivity contribution in [3.8, 4) is 0 Å². The molecule has 2 aromatic rings. The molecule has 0 aliphatic rings. The van der Waals surface area contributed by atoms with Gasteiger partial charge in [0.1, 0.15) is 5.82 Å². The maximum absolute atomic E-state index is 13.5. The Labute approximate surface area is 134 Å². The Morgan fingerprint density at radius 2 is 2.09 bits per heavy atom. The Kier molecular flexibility index (Phi) is 4.96. The highest BCUT2D eigenvalue weighted by Gasteiger charge is 2.17. The smallest absolute Gasteiger partial charge is 0.226 e. The number of anilines is 1. The number of hydrogen-bond acceptors (Lipinski definition) is 3. The van der Waals surface area contributed by atoms with Crippen LogP contribution in [0.2, 0.25) is 0 Å². The van der Waals surface area contributed by atoms with E-state index in [4.69, 9.17) is 0 Å². The number of benzene rings is 1. The van der Waals surface area contributed by atoms with E-state index in [0.29, 0.717) is 23.5 Å². The van der Waals surface area contributed by atoms with Crippen molar-refractivity contribution in [1.29, 1.82) is 0 Å². The lowest BCUT2D eigenvalue weighted by atomic mass is 9.92. The topological polar surface area (TPSA) is 42.0 Å². The van der Waals surface area contributed by atoms with Crippen molar-refractivity contribution in [1.82, 2.24) is 4.98 Å². The van der Waals surface area contributed by atoms with Gasteiger partial charge in [0, 0.05) is 23.9 Å². The zero-order valence-corrected chi connectivity index (χ0v) is 14.2. The molecule has 0 unspecified atom stereocenters. The quantitative estimate of drug-likeness (QED) is 0.897. The molecule has 1 amide bonds. The van der Waals surface area contributed by atoms with Crippen molar-refractivity contribution in [2.45, 2.75) is 40.5 Å². The van der Waals surface area contributed by atoms with Crippen LogP contribution in [0.3, 0.4) is 0 Å². The lowest BCUT2D eigenvalue weighted by Gasteiger charge is -2.16. The van der Waals surface area contributed by atoms with Gasteiger partial charge in [-0.15, -0.1) is 11.3 Å². The summed E-state index contributed by atoms with van der Waals surface area (Å²) >= 11 is 1.43. The van der Waals surface area contributed by atoms with Gasteiger partial charge in [0.05, 0.1) is 0 Å². The standard InChI is InChI=1S/C17H21FN2OS/c1-11-5-6-12(8-14(11)18)7-13-10-19-16(22-13)20-15(21)9-17(2,3)4/h5-6,8,10H,7,9H2,1-4H3,(H,19,20,21). The lowest BCUT2D eigenvalue weighted by Crippen LogP contribution is -2.19. The van der Waals surface area contributed by atoms with Crippen LogP contribution < -0.4 is 5.32 Å². The Hall–Kier alpha value is -1.75. The van der Waals surface area contributed by atoms with Gasteiger partial charge in [-0.3, -0.25) is 4.79 Å². The van der Waals surface area contributed by atoms with E-state index in [2.05, 4.69) is 10.3 Å². The molecule has 5 heteroatoms. The highest BCUT2D eigenvalue weighted by Crippen LogP contribution is 2.24. The van der Waals surface area contributed by atoms with Gasteiger partial charge in [0.2, 0.25) is 5.91 Å². The van der Waals surface area contributed by atoms with Crippen LogP contribution in [0, 0.1) is 18.2 Å². The summed E-state index contributed by atoms with van der Waals surface area (Å²) in [6.45, 7) is 7.80. The minimum Gasteiger partial charge on any atom is -0.302 e. The minimum absolute atomic E-state index is 0.0326. The van der Waals surface area contributed by atoms with E-state index >= 15 is 0 Å². The molecular weight excluding hydrogens is 299 g/mol. The van der Waals surface area contributed by atoms with Crippen LogP contribution in [-0.2, 0) is 11.2 Å². The number of carbonyl (C=O) groups is 1. The summed E-state index contributed by atoms with van der Waals surface area (Å²) in [5.74, 6) is -0.226. The Bertz CT molecular complexity index is 674. The first-order valence-electron chi connectivity index (χ1n) is 7.22. The Morgan fingerprint density at radius 3 is 2.73 bits per heavy atom. The zero-order valence-electron chi connectivity index (χ0n) is 13.4. The van der Waals surface area contributed by atoms with Crippen molar-refractivity contribution in [2.75, 3.05) is 5.32 Å². The summed E-state index contributed by atoms with van der Waals surface area (Å²) in [6, 6.07) is 5.24. The first-order valence-corrected chi connectivity index (χ1v) is 8.04. The van der Waals surface area contributed by atoms with Crippen molar-refractivity contribution in [2.24, 2.45) is 5.41 Å². The molecule has 22 heavy (non-hydrogen) atoms. The SMILES string of the molecule is Cc1ccc(Cc2cnc(NC(=O)CC(C)(C)C)s2)cc1F. The number of aromatic nitrogens is 1. The Balaban J connectivity index is 1.99. The molecule has 0 saturated carbocycles. The van der Waals surface area contributed by atoms with Crippen molar-refractivity contribution >= 4 is 22.4 Å². The summed E-state index contributed by atoms with van der Waals surface area (Å²) in [6.07, 6.45) is 2.80. The van der Waals surface area contributed by atoms with E-state index < -0.39 is 0 Å². The lowest BCUT2D eigenvalue weighted by molar-refractivity contribution is -0.117. The van der Waals surface area contributed by atoms with E-state index in [-0.39, 0.29) is 17.1 Å². The highest BCUT2D eigenvalue weighted by atomic mass is 32.1. The van der Waals surface area contributed by atoms with Gasteiger partial charge in [0.25, 0.3) is 0 Å². The minimum atomic E-state index is -0.194. The van der Waals surface area contributed by atoms with Gasteiger partial charge in [-0.25, -0.2) is 9.37 Å². The van der Waals surface area contributed by atoms with Gasteiger partial charge >= 0.3 is 0 Å². The summed E-state index contributed by atoms with van der Waals surface area (Å²) in [5.41, 5.74) is 1.49. The average molecular weight is 320 g/mol. The predicted molar refractivity (Wildman–Crippen MR) is 88.8 cm³/mol. The van der Waals surface area contributed by atoms with Crippen molar-refractivity contribution in [3.63, 3.8) is 0 Å². The van der Waals surface area contributed by atoms with Gasteiger partial charge in [-0.1, -0.05) is 32.9 Å². The third-order valence-electron chi connectivity index (χ3n) is 3.11. The van der Waals surface area contributed by atoms with E-state index in [0.717, 1.165) is 10.4 Å². The molecule has 3 nitrogen and oxygen atoms in total. The fourth-order valence-electron chi connectivity index (χ4n) is 2.04. The monoisotopic (exact) mass is 320 g/mol. The maximum Gasteiger partial charge on any atom is 0.226 e. The molecule has 118 valence electrons. The van der Waals surface area contributed by atoms with Gasteiger partial charge in [-0.05, 0) is 29.5 Å². The normalized spacial score (nSPS) is 11.5. The van der Waals surface area contributed by atoms with E-state index in [9.17, 15) is 9.18 Å². The summed E-state index contributed by atoms with van der Waals surface area (Å²) in [5, 5.41) is 3.41. The molecule has 0 saturated heterocycles. The van der Waals surface area contributed by atoms with Gasteiger partial charge < -0.3 is 5.32 Å². The summed E-state index contributed by atoms with van der Waals surface area (Å²) < 4.78 is 13.5. The van der Waals surface area contributed by atoms with Crippen molar-refractivity contribution in [3.05, 3.63) is 46.2 Å². The fraction of sp³-hybridized carbons (Fsp3) is 0.412. The third-order valence-corrected chi connectivity index (χ3v) is 4.02. The van der Waals surface area contributed by atoms with Crippen LogP contribution in [-0.4, -0.2) is 10.9 Å². The maximum atomic E-state index is 13.5. The molecule has 1 heterocycles. The third kappa shape index (κ3) is 4.91. The number of aryl methyl sites for hydroxylation is 1. The molecule has 1 aromatic carbocycles. The number of halogens is 1. The largest absolute Gasteiger partial charge is 0.302 e. The second-order valence-electron chi connectivity index (χ2n) is 6.68. The molecule has 1 aromatic heterocycles. The number of nitrogens with zero attached hydrogens (tertiary/aromatic N) is 1. The first kappa shape index (κ1) is 16.6. The molecule has 2 rings (SSSR count). The number of hydrogen-bond donors (Lipinski definition) is 1. The van der Waals surface area contributed by atoms with E-state index in [1.165, 1.54) is 11.3 Å². The van der Waals surface area contributed by atoms with Gasteiger partial charge in [-0.2, -0.15) is 0 Å². The van der Waals surface area contributed by atoms with Gasteiger partial charge in [0.15, 0.2) is 5.13 Å². The summed E-state index contributed by atoms with van der Waals surface area (Å²) in [4.78, 5) is 17.1. The van der Waals surface area contributed by atoms with E-state index in [1.54, 1.807) is 25.3 Å². The van der Waals surface area contributed by atoms with Crippen LogP contribution >= 0.6 is 11.3 Å². The van der Waals surface area contributed by atoms with Crippen LogP contribution in [0.1, 0.15) is 43.2 Å². The second kappa shape index (κ2) is 6.57. The predicted octanol–water partition coefficient (Wildman–Crippen LogP) is 4.56. The molecule has 0 fully saturated rings. The highest BCUT2D eigenvalue weighted by molar-refractivity contribution is 7.15. The molecule has 0 spiro atoms. The first-order chi connectivity index (χ1) is 10.2. The number of nitrogens with one attached hydrogen (secondary N) is 1. The molecule has 0 bridgehead atoms. The molecule has 0 aliphatic carbocycles. The summed E-state index contributed by atoms with van der Waals surface area (Å²) in [7, 11) is 0. The van der Waals surface area contributed by atoms with Crippen LogP contribution in [0.15, 0.2) is 24.4 Å². The van der Waals surface area contributed by atoms with Crippen LogP contribution in [0.4, 0.5) is 9.52 Å². The Morgan fingerprint density at radius 1 is 1.36 bits per heavy atom. The fourth-order valence-corrected chi connectivity index (χ4v) is 2.90. The second-order valence-corrected chi connectivity index (χ2v) is 7.79. The molecular formula is C17H21FN2OS. The number of rotatable bonds is 4. The number of amides is 1. The zero-order chi connectivity index (χ0) is 16.3. The number of thiazole rings is 1. The number of carbonyl (C=O) groups excluding carboxylic acids is 1. The molecule has 0 radical (unpaired) electrons. The van der Waals surface area contributed by atoms with E-state index in [1.807, 2.05) is 26.8 Å².